The third-order valence-corrected chi connectivity index (χ3v) is 2.96. The number of methoxy groups -OCH3 is 1. The minimum Gasteiger partial charge on any atom is -0.496 e. The van der Waals surface area contributed by atoms with Crippen LogP contribution in [0, 0.1) is 11.6 Å². The summed E-state index contributed by atoms with van der Waals surface area (Å²) < 4.78 is 30.9. The van der Waals surface area contributed by atoms with Gasteiger partial charge in [0.2, 0.25) is 5.91 Å². The second-order valence-electron chi connectivity index (χ2n) is 4.56. The highest BCUT2D eigenvalue weighted by molar-refractivity contribution is 6.00. The van der Waals surface area contributed by atoms with Gasteiger partial charge in [-0.2, -0.15) is 0 Å². The van der Waals surface area contributed by atoms with Crippen molar-refractivity contribution in [2.75, 3.05) is 19.0 Å². The van der Waals surface area contributed by atoms with Gasteiger partial charge < -0.3 is 15.4 Å². The second-order valence-corrected chi connectivity index (χ2v) is 4.56. The summed E-state index contributed by atoms with van der Waals surface area (Å²) in [5.41, 5.74) is 0.385. The minimum absolute atomic E-state index is 0.0976. The van der Waals surface area contributed by atoms with Gasteiger partial charge in [-0.25, -0.2) is 8.78 Å². The average Bonchev–Trinajstić information content (AvgIpc) is 2.56. The molecule has 2 aromatic carbocycles. The van der Waals surface area contributed by atoms with Gasteiger partial charge in [0.25, 0.3) is 5.91 Å². The number of rotatable bonds is 5. The van der Waals surface area contributed by atoms with E-state index >= 15 is 0 Å². The number of carbonyl (C=O) groups is 2. The Kier molecular flexibility index (Phi) is 5.24. The fraction of sp³-hybridized carbons (Fsp3) is 0.125. The van der Waals surface area contributed by atoms with E-state index in [4.69, 9.17) is 4.74 Å². The van der Waals surface area contributed by atoms with Crippen LogP contribution in [0.15, 0.2) is 42.5 Å². The molecule has 2 N–H and O–H groups in total. The van der Waals surface area contributed by atoms with Crippen LogP contribution >= 0.6 is 0 Å². The number of para-hydroxylation sites is 1. The van der Waals surface area contributed by atoms with E-state index in [1.807, 2.05) is 0 Å². The lowest BCUT2D eigenvalue weighted by Gasteiger charge is -2.09. The van der Waals surface area contributed by atoms with E-state index < -0.39 is 23.4 Å². The first-order valence-corrected chi connectivity index (χ1v) is 6.67. The van der Waals surface area contributed by atoms with Crippen LogP contribution in [-0.4, -0.2) is 25.5 Å². The van der Waals surface area contributed by atoms with Crippen molar-refractivity contribution < 1.29 is 23.1 Å². The maximum absolute atomic E-state index is 13.0. The molecule has 23 heavy (non-hydrogen) atoms. The van der Waals surface area contributed by atoms with E-state index in [0.717, 1.165) is 12.1 Å². The molecule has 0 saturated heterocycles. The van der Waals surface area contributed by atoms with Crippen LogP contribution in [0.3, 0.4) is 0 Å². The lowest BCUT2D eigenvalue weighted by molar-refractivity contribution is -0.115. The van der Waals surface area contributed by atoms with E-state index in [-0.39, 0.29) is 17.8 Å². The van der Waals surface area contributed by atoms with Gasteiger partial charge >= 0.3 is 0 Å². The van der Waals surface area contributed by atoms with E-state index in [0.29, 0.717) is 5.75 Å². The molecule has 0 aliphatic carbocycles. The summed E-state index contributed by atoms with van der Waals surface area (Å²) in [6.07, 6.45) is 0. The normalized spacial score (nSPS) is 10.0. The largest absolute Gasteiger partial charge is 0.496 e. The number of benzene rings is 2. The first kappa shape index (κ1) is 16.4. The second kappa shape index (κ2) is 7.35. The summed E-state index contributed by atoms with van der Waals surface area (Å²) in [4.78, 5) is 23.7. The van der Waals surface area contributed by atoms with Gasteiger partial charge in [-0.3, -0.25) is 9.59 Å². The number of nitrogens with one attached hydrogen (secondary N) is 2. The van der Waals surface area contributed by atoms with Gasteiger partial charge in [-0.1, -0.05) is 12.1 Å². The standard InChI is InChI=1S/C16H14F2N2O3/c1-23-14-5-3-2-4-11(14)16(22)19-9-15(21)20-10-6-7-12(17)13(18)8-10/h2-8H,9H2,1H3,(H,19,22)(H,20,21). The lowest BCUT2D eigenvalue weighted by atomic mass is 10.2. The van der Waals surface area contributed by atoms with Crippen LogP contribution < -0.4 is 15.4 Å². The summed E-state index contributed by atoms with van der Waals surface area (Å²) in [6.45, 7) is -0.324. The molecule has 0 spiro atoms. The Morgan fingerprint density at radius 2 is 1.83 bits per heavy atom. The zero-order valence-corrected chi connectivity index (χ0v) is 12.2. The fourth-order valence-electron chi connectivity index (χ4n) is 1.87. The zero-order valence-electron chi connectivity index (χ0n) is 12.2. The van der Waals surface area contributed by atoms with Gasteiger partial charge in [0.1, 0.15) is 5.75 Å². The molecule has 2 aromatic rings. The third kappa shape index (κ3) is 4.26. The Labute approximate surface area is 131 Å². The number of halogens is 2. The van der Waals surface area contributed by atoms with Crippen LogP contribution in [0.25, 0.3) is 0 Å². The monoisotopic (exact) mass is 320 g/mol. The van der Waals surface area contributed by atoms with Crippen molar-refractivity contribution in [3.05, 3.63) is 59.7 Å². The molecule has 2 amide bonds. The molecule has 0 unspecified atom stereocenters. The molecule has 0 heterocycles. The third-order valence-electron chi connectivity index (χ3n) is 2.96. The van der Waals surface area contributed by atoms with Crippen molar-refractivity contribution in [2.24, 2.45) is 0 Å². The molecule has 120 valence electrons. The lowest BCUT2D eigenvalue weighted by Crippen LogP contribution is -2.33. The quantitative estimate of drug-likeness (QED) is 0.888. The highest BCUT2D eigenvalue weighted by Gasteiger charge is 2.13. The van der Waals surface area contributed by atoms with Crippen LogP contribution in [0.5, 0.6) is 5.75 Å². The Hall–Kier alpha value is -2.96. The molecule has 0 aromatic heterocycles. The molecule has 0 radical (unpaired) electrons. The number of anilines is 1. The zero-order chi connectivity index (χ0) is 16.8. The Morgan fingerprint density at radius 1 is 1.09 bits per heavy atom. The average molecular weight is 320 g/mol. The van der Waals surface area contributed by atoms with Crippen molar-refractivity contribution in [2.45, 2.75) is 0 Å². The number of hydrogen-bond donors (Lipinski definition) is 2. The summed E-state index contributed by atoms with van der Waals surface area (Å²) in [6, 6.07) is 9.54. The van der Waals surface area contributed by atoms with E-state index in [2.05, 4.69) is 10.6 Å². The van der Waals surface area contributed by atoms with Crippen molar-refractivity contribution >= 4 is 17.5 Å². The van der Waals surface area contributed by atoms with E-state index in [1.54, 1.807) is 24.3 Å². The minimum atomic E-state index is -1.07. The Morgan fingerprint density at radius 3 is 2.52 bits per heavy atom. The summed E-state index contributed by atoms with van der Waals surface area (Å²) in [5, 5.41) is 4.77. The Balaban J connectivity index is 1.93. The molecule has 0 saturated carbocycles. The summed E-state index contributed by atoms with van der Waals surface area (Å²) in [7, 11) is 1.43. The molecule has 0 bridgehead atoms. The van der Waals surface area contributed by atoms with Gasteiger partial charge in [0, 0.05) is 11.8 Å². The van der Waals surface area contributed by atoms with Crippen LogP contribution in [0.4, 0.5) is 14.5 Å². The predicted octanol–water partition coefficient (Wildman–Crippen LogP) is 2.34. The van der Waals surface area contributed by atoms with Crippen LogP contribution in [0.1, 0.15) is 10.4 Å². The topological polar surface area (TPSA) is 67.4 Å². The van der Waals surface area contributed by atoms with Gasteiger partial charge in [0.05, 0.1) is 19.2 Å². The Bertz CT molecular complexity index is 735. The molecule has 0 fully saturated rings. The maximum Gasteiger partial charge on any atom is 0.255 e. The molecule has 0 aliphatic rings. The van der Waals surface area contributed by atoms with Crippen molar-refractivity contribution in [1.29, 1.82) is 0 Å². The number of hydrogen-bond acceptors (Lipinski definition) is 3. The maximum atomic E-state index is 13.0. The van der Waals surface area contributed by atoms with Gasteiger partial charge in [0.15, 0.2) is 11.6 Å². The summed E-state index contributed by atoms with van der Waals surface area (Å²) >= 11 is 0. The number of carbonyl (C=O) groups excluding carboxylic acids is 2. The first-order valence-electron chi connectivity index (χ1n) is 6.67. The van der Waals surface area contributed by atoms with E-state index in [1.165, 1.54) is 13.2 Å². The van der Waals surface area contributed by atoms with E-state index in [9.17, 15) is 18.4 Å². The van der Waals surface area contributed by atoms with Gasteiger partial charge in [-0.15, -0.1) is 0 Å². The first-order chi connectivity index (χ1) is 11.0. The molecular formula is C16H14F2N2O3. The number of amides is 2. The molecule has 7 heteroatoms. The SMILES string of the molecule is COc1ccccc1C(=O)NCC(=O)Nc1ccc(F)c(F)c1. The number of ether oxygens (including phenoxy) is 1. The molecule has 2 rings (SSSR count). The molecular weight excluding hydrogens is 306 g/mol. The van der Waals surface area contributed by atoms with Crippen molar-refractivity contribution in [1.82, 2.24) is 5.32 Å². The van der Waals surface area contributed by atoms with Crippen LogP contribution in [0.2, 0.25) is 0 Å². The van der Waals surface area contributed by atoms with Crippen molar-refractivity contribution in [3.63, 3.8) is 0 Å². The molecule has 0 aliphatic heterocycles. The fourth-order valence-corrected chi connectivity index (χ4v) is 1.87. The highest BCUT2D eigenvalue weighted by Crippen LogP contribution is 2.17. The smallest absolute Gasteiger partial charge is 0.255 e. The van der Waals surface area contributed by atoms with Crippen LogP contribution in [-0.2, 0) is 4.79 Å². The molecule has 5 nitrogen and oxygen atoms in total. The molecule has 0 atom stereocenters. The van der Waals surface area contributed by atoms with Gasteiger partial charge in [-0.05, 0) is 24.3 Å². The van der Waals surface area contributed by atoms with Crippen molar-refractivity contribution in [3.8, 4) is 5.75 Å². The highest BCUT2D eigenvalue weighted by atomic mass is 19.2. The predicted molar refractivity (Wildman–Crippen MR) is 80.3 cm³/mol. The summed E-state index contributed by atoms with van der Waals surface area (Å²) in [5.74, 6) is -2.75.